The lowest BCUT2D eigenvalue weighted by Crippen LogP contribution is -2.45. The molecule has 2 N–H and O–H groups in total. The fraction of sp³-hybridized carbons (Fsp3) is 0.692. The van der Waals surface area contributed by atoms with Crippen LogP contribution in [0.4, 0.5) is 0 Å². The molecule has 0 saturated carbocycles. The van der Waals surface area contributed by atoms with Crippen LogP contribution in [0.15, 0.2) is 12.4 Å². The Morgan fingerprint density at radius 3 is 2.68 bits per heavy atom. The van der Waals surface area contributed by atoms with Crippen LogP contribution in [0.1, 0.15) is 32.3 Å². The van der Waals surface area contributed by atoms with Crippen molar-refractivity contribution >= 4 is 18.3 Å². The minimum atomic E-state index is -0.181. The van der Waals surface area contributed by atoms with Crippen LogP contribution in [0.3, 0.4) is 0 Å². The van der Waals surface area contributed by atoms with Crippen LogP contribution in [0.25, 0.3) is 0 Å². The molecule has 2 heterocycles. The Morgan fingerprint density at radius 1 is 1.47 bits per heavy atom. The van der Waals surface area contributed by atoms with Crippen molar-refractivity contribution in [2.24, 2.45) is 13.0 Å². The number of halogens is 1. The molecular formula is C13H23ClN4O. The van der Waals surface area contributed by atoms with E-state index in [1.807, 2.05) is 40.2 Å². The monoisotopic (exact) mass is 286 g/mol. The summed E-state index contributed by atoms with van der Waals surface area (Å²) >= 11 is 0. The molecule has 0 spiro atoms. The van der Waals surface area contributed by atoms with Crippen LogP contribution in [-0.4, -0.2) is 34.3 Å². The van der Waals surface area contributed by atoms with Crippen LogP contribution in [0.2, 0.25) is 0 Å². The molecule has 1 saturated heterocycles. The van der Waals surface area contributed by atoms with Gasteiger partial charge in [0.25, 0.3) is 0 Å². The van der Waals surface area contributed by atoms with Crippen molar-refractivity contribution < 1.29 is 4.79 Å². The molecule has 2 rings (SSSR count). The lowest BCUT2D eigenvalue weighted by atomic mass is 9.89. The number of rotatable bonds is 2. The van der Waals surface area contributed by atoms with Gasteiger partial charge in [-0.05, 0) is 26.3 Å². The van der Waals surface area contributed by atoms with Crippen molar-refractivity contribution in [3.05, 3.63) is 18.0 Å². The Labute approximate surface area is 120 Å². The second-order valence-electron chi connectivity index (χ2n) is 6.06. The number of carbonyl (C=O) groups is 1. The van der Waals surface area contributed by atoms with Gasteiger partial charge in [-0.15, -0.1) is 12.4 Å². The highest BCUT2D eigenvalue weighted by Crippen LogP contribution is 2.28. The van der Waals surface area contributed by atoms with Crippen LogP contribution in [0, 0.1) is 5.92 Å². The average Bonchev–Trinajstić information content (AvgIpc) is 2.81. The second kappa shape index (κ2) is 5.92. The van der Waals surface area contributed by atoms with Gasteiger partial charge in [-0.2, -0.15) is 5.10 Å². The summed E-state index contributed by atoms with van der Waals surface area (Å²) in [7, 11) is 1.90. The lowest BCUT2D eigenvalue weighted by molar-refractivity contribution is -0.126. The van der Waals surface area contributed by atoms with Crippen LogP contribution in [-0.2, 0) is 11.8 Å². The zero-order valence-corrected chi connectivity index (χ0v) is 12.8. The Kier molecular flexibility index (Phi) is 4.98. The second-order valence-corrected chi connectivity index (χ2v) is 6.06. The molecule has 5 nitrogen and oxygen atoms in total. The van der Waals surface area contributed by atoms with Crippen LogP contribution >= 0.6 is 12.4 Å². The molecule has 1 aliphatic heterocycles. The summed E-state index contributed by atoms with van der Waals surface area (Å²) < 4.78 is 1.78. The molecule has 1 aliphatic rings. The molecule has 2 atom stereocenters. The number of amides is 1. The average molecular weight is 287 g/mol. The standard InChI is InChI=1S/C13H22N4O.ClH/c1-13(2,3)16-12(18)11-7-14-6-10(11)9-5-15-17(4)8-9;/h5,8,10-11,14H,6-7H2,1-4H3,(H,16,18);1H/t10-,11+;/m1./s1. The number of aryl methyl sites for hydroxylation is 1. The fourth-order valence-electron chi connectivity index (χ4n) is 2.40. The maximum absolute atomic E-state index is 12.3. The first-order chi connectivity index (χ1) is 8.37. The largest absolute Gasteiger partial charge is 0.351 e. The van der Waals surface area contributed by atoms with Gasteiger partial charge < -0.3 is 10.6 Å². The normalized spacial score (nSPS) is 22.9. The molecule has 1 fully saturated rings. The summed E-state index contributed by atoms with van der Waals surface area (Å²) in [5, 5.41) is 10.5. The molecule has 1 amide bonds. The van der Waals surface area contributed by atoms with E-state index in [-0.39, 0.29) is 35.7 Å². The Hall–Kier alpha value is -1.07. The highest BCUT2D eigenvalue weighted by atomic mass is 35.5. The maximum atomic E-state index is 12.3. The van der Waals surface area contributed by atoms with Crippen LogP contribution in [0.5, 0.6) is 0 Å². The van der Waals surface area contributed by atoms with Gasteiger partial charge in [-0.25, -0.2) is 0 Å². The van der Waals surface area contributed by atoms with Crippen molar-refractivity contribution in [1.82, 2.24) is 20.4 Å². The summed E-state index contributed by atoms with van der Waals surface area (Å²) in [5.74, 6) is 0.343. The van der Waals surface area contributed by atoms with Crippen molar-refractivity contribution in [1.29, 1.82) is 0 Å². The summed E-state index contributed by atoms with van der Waals surface area (Å²) in [6.45, 7) is 7.60. The molecule has 1 aromatic rings. The third-order valence-electron chi connectivity index (χ3n) is 3.20. The summed E-state index contributed by atoms with van der Waals surface area (Å²) in [4.78, 5) is 12.3. The summed E-state index contributed by atoms with van der Waals surface area (Å²) in [6, 6.07) is 0. The molecule has 6 heteroatoms. The lowest BCUT2D eigenvalue weighted by Gasteiger charge is -2.25. The molecule has 0 radical (unpaired) electrons. The van der Waals surface area contributed by atoms with E-state index in [1.165, 1.54) is 0 Å². The molecule has 0 bridgehead atoms. The van der Waals surface area contributed by atoms with E-state index < -0.39 is 0 Å². The van der Waals surface area contributed by atoms with Gasteiger partial charge in [-0.3, -0.25) is 9.48 Å². The van der Waals surface area contributed by atoms with E-state index in [1.54, 1.807) is 4.68 Å². The number of hydrogen-bond acceptors (Lipinski definition) is 3. The van der Waals surface area contributed by atoms with Gasteiger partial charge in [-0.1, -0.05) is 0 Å². The Balaban J connectivity index is 0.00000180. The van der Waals surface area contributed by atoms with E-state index in [2.05, 4.69) is 15.7 Å². The first kappa shape index (κ1) is 16.0. The number of aromatic nitrogens is 2. The van der Waals surface area contributed by atoms with Crippen molar-refractivity contribution in [3.63, 3.8) is 0 Å². The predicted molar refractivity (Wildman–Crippen MR) is 77.5 cm³/mol. The molecule has 0 aliphatic carbocycles. The molecule has 19 heavy (non-hydrogen) atoms. The maximum Gasteiger partial charge on any atom is 0.225 e. The molecular weight excluding hydrogens is 264 g/mol. The molecule has 0 aromatic carbocycles. The summed E-state index contributed by atoms with van der Waals surface area (Å²) in [5.41, 5.74) is 0.954. The van der Waals surface area contributed by atoms with Gasteiger partial charge in [0.05, 0.1) is 12.1 Å². The van der Waals surface area contributed by atoms with E-state index in [9.17, 15) is 4.79 Å². The van der Waals surface area contributed by atoms with Gasteiger partial charge in [0, 0.05) is 37.8 Å². The smallest absolute Gasteiger partial charge is 0.225 e. The predicted octanol–water partition coefficient (Wildman–Crippen LogP) is 1.06. The van der Waals surface area contributed by atoms with Gasteiger partial charge in [0.15, 0.2) is 0 Å². The minimum absolute atomic E-state index is 0. The van der Waals surface area contributed by atoms with Gasteiger partial charge in [0.2, 0.25) is 5.91 Å². The Morgan fingerprint density at radius 2 is 2.16 bits per heavy atom. The summed E-state index contributed by atoms with van der Waals surface area (Å²) in [6.07, 6.45) is 3.85. The van der Waals surface area contributed by atoms with E-state index in [0.29, 0.717) is 0 Å². The number of hydrogen-bond donors (Lipinski definition) is 2. The SMILES string of the molecule is Cl.Cn1cc([C@H]2CNC[C@@H]2C(=O)NC(C)(C)C)cn1. The zero-order valence-electron chi connectivity index (χ0n) is 11.9. The number of nitrogens with zero attached hydrogens (tertiary/aromatic N) is 2. The molecule has 108 valence electrons. The van der Waals surface area contributed by atoms with Crippen molar-refractivity contribution in [3.8, 4) is 0 Å². The van der Waals surface area contributed by atoms with Crippen LogP contribution < -0.4 is 10.6 Å². The highest BCUT2D eigenvalue weighted by Gasteiger charge is 2.35. The number of carbonyl (C=O) groups excluding carboxylic acids is 1. The molecule has 1 aromatic heterocycles. The van der Waals surface area contributed by atoms with E-state index >= 15 is 0 Å². The van der Waals surface area contributed by atoms with E-state index in [0.717, 1.165) is 18.7 Å². The zero-order chi connectivity index (χ0) is 13.3. The first-order valence-electron chi connectivity index (χ1n) is 6.38. The first-order valence-corrected chi connectivity index (χ1v) is 6.38. The van der Waals surface area contributed by atoms with Crippen molar-refractivity contribution in [2.75, 3.05) is 13.1 Å². The molecule has 0 unspecified atom stereocenters. The topological polar surface area (TPSA) is 59.0 Å². The number of nitrogens with one attached hydrogen (secondary N) is 2. The third-order valence-corrected chi connectivity index (χ3v) is 3.20. The fourth-order valence-corrected chi connectivity index (χ4v) is 2.40. The highest BCUT2D eigenvalue weighted by molar-refractivity contribution is 5.85. The minimum Gasteiger partial charge on any atom is -0.351 e. The Bertz CT molecular complexity index is 438. The quantitative estimate of drug-likeness (QED) is 0.855. The third kappa shape index (κ3) is 3.94. The van der Waals surface area contributed by atoms with E-state index in [4.69, 9.17) is 0 Å². The van der Waals surface area contributed by atoms with Crippen molar-refractivity contribution in [2.45, 2.75) is 32.2 Å². The van der Waals surface area contributed by atoms with Gasteiger partial charge >= 0.3 is 0 Å². The van der Waals surface area contributed by atoms with Gasteiger partial charge in [0.1, 0.15) is 0 Å².